The van der Waals surface area contributed by atoms with E-state index in [0.717, 1.165) is 16.6 Å². The summed E-state index contributed by atoms with van der Waals surface area (Å²) in [5.74, 6) is -0.199. The summed E-state index contributed by atoms with van der Waals surface area (Å²) in [5, 5.41) is 10.6. The lowest BCUT2D eigenvalue weighted by Gasteiger charge is -2.19. The van der Waals surface area contributed by atoms with Crippen molar-refractivity contribution in [1.29, 1.82) is 0 Å². The van der Waals surface area contributed by atoms with Gasteiger partial charge in [-0.05, 0) is 61.0 Å². The van der Waals surface area contributed by atoms with Crippen LogP contribution in [0.25, 0.3) is 10.9 Å². The largest absolute Gasteiger partial charge is 0.342 e. The summed E-state index contributed by atoms with van der Waals surface area (Å²) in [6.45, 7) is 7.49. The Morgan fingerprint density at radius 1 is 1.26 bits per heavy atom. The van der Waals surface area contributed by atoms with E-state index < -0.39 is 0 Å². The van der Waals surface area contributed by atoms with E-state index in [2.05, 4.69) is 31.4 Å². The molecule has 3 aromatic rings. The topological polar surface area (TPSA) is 83.0 Å². The Morgan fingerprint density at radius 2 is 2.00 bits per heavy atom. The number of likely N-dealkylation sites (N-methyl/N-ethyl adjacent to an activating group) is 1. The molecule has 0 aliphatic rings. The van der Waals surface area contributed by atoms with E-state index in [1.165, 1.54) is 0 Å². The Kier molecular flexibility index (Phi) is 5.65. The van der Waals surface area contributed by atoms with Crippen LogP contribution in [0.15, 0.2) is 34.9 Å². The molecule has 8 heteroatoms. The lowest BCUT2D eigenvalue weighted by Crippen LogP contribution is -2.33. The summed E-state index contributed by atoms with van der Waals surface area (Å²) in [7, 11) is 0. The van der Waals surface area contributed by atoms with Gasteiger partial charge in [0.15, 0.2) is 5.69 Å². The van der Waals surface area contributed by atoms with Crippen molar-refractivity contribution in [2.75, 3.05) is 18.4 Å². The third-order valence-electron chi connectivity index (χ3n) is 4.54. The molecular weight excluding hydrogens is 410 g/mol. The molecule has 142 valence electrons. The maximum Gasteiger partial charge on any atom is 0.277 e. The van der Waals surface area contributed by atoms with Gasteiger partial charge in [0.05, 0.1) is 4.47 Å². The zero-order valence-corrected chi connectivity index (χ0v) is 17.1. The molecule has 2 aromatic heterocycles. The Hall–Kier alpha value is -2.61. The van der Waals surface area contributed by atoms with Gasteiger partial charge in [-0.15, -0.1) is 0 Å². The highest BCUT2D eigenvalue weighted by atomic mass is 79.9. The zero-order valence-electron chi connectivity index (χ0n) is 15.5. The van der Waals surface area contributed by atoms with E-state index in [1.54, 1.807) is 0 Å². The molecule has 0 fully saturated rings. The molecule has 0 bridgehead atoms. The molecule has 7 nitrogen and oxygen atoms in total. The number of nitrogens with one attached hydrogen (secondary N) is 2. The molecule has 0 saturated heterocycles. The van der Waals surface area contributed by atoms with Crippen LogP contribution in [0.2, 0.25) is 0 Å². The fourth-order valence-electron chi connectivity index (χ4n) is 2.99. The van der Waals surface area contributed by atoms with Crippen LogP contribution in [0.5, 0.6) is 0 Å². The first-order chi connectivity index (χ1) is 12.9. The van der Waals surface area contributed by atoms with E-state index in [1.807, 2.05) is 60.7 Å². The van der Waals surface area contributed by atoms with E-state index >= 15 is 0 Å². The zero-order chi connectivity index (χ0) is 19.6. The van der Waals surface area contributed by atoms with Gasteiger partial charge in [-0.3, -0.25) is 14.7 Å². The highest BCUT2D eigenvalue weighted by molar-refractivity contribution is 9.10. The second kappa shape index (κ2) is 7.96. The van der Waals surface area contributed by atoms with Gasteiger partial charge in [0.1, 0.15) is 6.54 Å². The molecule has 0 radical (unpaired) electrons. The van der Waals surface area contributed by atoms with Gasteiger partial charge in [-0.1, -0.05) is 0 Å². The van der Waals surface area contributed by atoms with Gasteiger partial charge in [-0.25, -0.2) is 0 Å². The number of fused-ring (bicyclic) bond motifs is 1. The molecule has 27 heavy (non-hydrogen) atoms. The van der Waals surface area contributed by atoms with Crippen molar-refractivity contribution in [1.82, 2.24) is 19.7 Å². The fourth-order valence-corrected chi connectivity index (χ4v) is 3.35. The highest BCUT2D eigenvalue weighted by Crippen LogP contribution is 2.23. The van der Waals surface area contributed by atoms with Crippen molar-refractivity contribution >= 4 is 44.3 Å². The number of hydrogen-bond acceptors (Lipinski definition) is 3. The van der Waals surface area contributed by atoms with E-state index in [4.69, 9.17) is 0 Å². The van der Waals surface area contributed by atoms with E-state index in [-0.39, 0.29) is 11.8 Å². The second-order valence-electron chi connectivity index (χ2n) is 6.25. The Labute approximate surface area is 165 Å². The SMILES string of the molecule is CCN(CC)C(=O)Cn1ccc2cc(NC(=O)c3n[nH]c(C)c3Br)ccc21. The molecule has 3 rings (SSSR count). The fraction of sp³-hybridized carbons (Fsp3) is 0.316. The first-order valence-corrected chi connectivity index (χ1v) is 9.62. The Morgan fingerprint density at radius 3 is 2.63 bits per heavy atom. The molecule has 1 aromatic carbocycles. The number of halogens is 1. The van der Waals surface area contributed by atoms with Gasteiger partial charge >= 0.3 is 0 Å². The third kappa shape index (κ3) is 3.90. The van der Waals surface area contributed by atoms with Gasteiger partial charge < -0.3 is 14.8 Å². The average Bonchev–Trinajstić information content (AvgIpc) is 3.19. The summed E-state index contributed by atoms with van der Waals surface area (Å²) in [6, 6.07) is 7.56. The number of aromatic nitrogens is 3. The van der Waals surface area contributed by atoms with Gasteiger partial charge in [0, 0.05) is 41.6 Å². The van der Waals surface area contributed by atoms with Crippen molar-refractivity contribution in [2.24, 2.45) is 0 Å². The first kappa shape index (κ1) is 19.2. The molecule has 0 saturated carbocycles. The lowest BCUT2D eigenvalue weighted by molar-refractivity contribution is -0.131. The monoisotopic (exact) mass is 431 g/mol. The quantitative estimate of drug-likeness (QED) is 0.625. The van der Waals surface area contributed by atoms with Crippen molar-refractivity contribution in [2.45, 2.75) is 27.3 Å². The number of carbonyl (C=O) groups excluding carboxylic acids is 2. The van der Waals surface area contributed by atoms with Crippen molar-refractivity contribution in [3.05, 3.63) is 46.3 Å². The van der Waals surface area contributed by atoms with E-state index in [9.17, 15) is 9.59 Å². The number of rotatable bonds is 6. The molecule has 2 amide bonds. The Bertz CT molecular complexity index is 987. The minimum absolute atomic E-state index is 0.0913. The van der Waals surface area contributed by atoms with Crippen molar-refractivity contribution < 1.29 is 9.59 Å². The predicted molar refractivity (Wildman–Crippen MR) is 109 cm³/mol. The second-order valence-corrected chi connectivity index (χ2v) is 7.04. The Balaban J connectivity index is 1.78. The maximum atomic E-state index is 12.4. The van der Waals surface area contributed by atoms with Crippen LogP contribution in [0.3, 0.4) is 0 Å². The van der Waals surface area contributed by atoms with Crippen LogP contribution in [0.1, 0.15) is 30.0 Å². The minimum atomic E-state index is -0.290. The third-order valence-corrected chi connectivity index (χ3v) is 5.51. The predicted octanol–water partition coefficient (Wildman–Crippen LogP) is 3.56. The van der Waals surface area contributed by atoms with E-state index in [0.29, 0.717) is 35.5 Å². The summed E-state index contributed by atoms with van der Waals surface area (Å²) in [4.78, 5) is 26.6. The smallest absolute Gasteiger partial charge is 0.277 e. The number of hydrogen-bond donors (Lipinski definition) is 2. The molecule has 2 heterocycles. The molecule has 0 unspecified atom stereocenters. The average molecular weight is 432 g/mol. The van der Waals surface area contributed by atoms with Crippen LogP contribution in [0, 0.1) is 6.92 Å². The number of aromatic amines is 1. The van der Waals surface area contributed by atoms with Gasteiger partial charge in [-0.2, -0.15) is 5.10 Å². The number of carbonyl (C=O) groups is 2. The number of aryl methyl sites for hydroxylation is 1. The van der Waals surface area contributed by atoms with Crippen LogP contribution in [0.4, 0.5) is 5.69 Å². The van der Waals surface area contributed by atoms with Crippen LogP contribution < -0.4 is 5.32 Å². The number of H-pyrrole nitrogens is 1. The highest BCUT2D eigenvalue weighted by Gasteiger charge is 2.16. The molecule has 0 spiro atoms. The summed E-state index contributed by atoms with van der Waals surface area (Å²) >= 11 is 3.36. The minimum Gasteiger partial charge on any atom is -0.342 e. The normalized spacial score (nSPS) is 11.0. The molecule has 2 N–H and O–H groups in total. The molecule has 0 atom stereocenters. The summed E-state index contributed by atoms with van der Waals surface area (Å²) < 4.78 is 2.58. The summed E-state index contributed by atoms with van der Waals surface area (Å²) in [5.41, 5.74) is 2.73. The van der Waals surface area contributed by atoms with Crippen molar-refractivity contribution in [3.8, 4) is 0 Å². The molecular formula is C19H22BrN5O2. The molecule has 0 aliphatic carbocycles. The standard InChI is InChI=1S/C19H22BrN5O2/c1-4-24(5-2)16(26)11-25-9-8-13-10-14(6-7-15(13)25)21-19(27)18-17(20)12(3)22-23-18/h6-10H,4-5,11H2,1-3H3,(H,21,27)(H,22,23). The van der Waals surface area contributed by atoms with Crippen LogP contribution >= 0.6 is 15.9 Å². The maximum absolute atomic E-state index is 12.4. The van der Waals surface area contributed by atoms with Crippen LogP contribution in [-0.4, -0.2) is 44.6 Å². The summed E-state index contributed by atoms with van der Waals surface area (Å²) in [6.07, 6.45) is 1.89. The van der Waals surface area contributed by atoms with Crippen molar-refractivity contribution in [3.63, 3.8) is 0 Å². The lowest BCUT2D eigenvalue weighted by atomic mass is 10.2. The number of benzene rings is 1. The molecule has 0 aliphatic heterocycles. The first-order valence-electron chi connectivity index (χ1n) is 8.83. The van der Waals surface area contributed by atoms with Gasteiger partial charge in [0.2, 0.25) is 5.91 Å². The van der Waals surface area contributed by atoms with Gasteiger partial charge in [0.25, 0.3) is 5.91 Å². The number of anilines is 1. The number of nitrogens with zero attached hydrogens (tertiary/aromatic N) is 3. The van der Waals surface area contributed by atoms with Crippen LogP contribution in [-0.2, 0) is 11.3 Å². The number of amides is 2.